The summed E-state index contributed by atoms with van der Waals surface area (Å²) in [7, 11) is -3.95. The number of rotatable bonds is 9. The van der Waals surface area contributed by atoms with Gasteiger partial charge in [0, 0.05) is 57.1 Å². The molecule has 9 nitrogen and oxygen atoms in total. The van der Waals surface area contributed by atoms with Crippen molar-refractivity contribution in [3.63, 3.8) is 0 Å². The molecule has 3 fully saturated rings. The molecular formula is C35H44FN5O4S. The predicted molar refractivity (Wildman–Crippen MR) is 175 cm³/mol. The Balaban J connectivity index is 1.16. The van der Waals surface area contributed by atoms with Crippen LogP contribution in [0.5, 0.6) is 5.75 Å². The first kappa shape index (κ1) is 32.6. The Labute approximate surface area is 271 Å². The standard InChI is InChI=1S/C35H44FN5O4S/c36-29-9-7-28(8-10-29)33-15-6-27(22-38-33)23-39-20-21-41(34(24-39)35(42)40-18-16-30(37)17-19-40)46(43,44)32-13-11-31(12-14-32)45-25-26-4-2-1-3-5-26/h6-15,22,26,30,34H,1-5,16-21,23-25,37H2. The maximum absolute atomic E-state index is 14.1. The molecular weight excluding hydrogens is 605 g/mol. The molecule has 2 aromatic carbocycles. The van der Waals surface area contributed by atoms with Crippen LogP contribution >= 0.6 is 0 Å². The molecule has 246 valence electrons. The largest absolute Gasteiger partial charge is 0.493 e. The van der Waals surface area contributed by atoms with Crippen molar-refractivity contribution in [2.45, 2.75) is 68.5 Å². The number of carbonyl (C=O) groups is 1. The molecule has 1 atom stereocenters. The van der Waals surface area contributed by atoms with Gasteiger partial charge in [-0.25, -0.2) is 12.8 Å². The van der Waals surface area contributed by atoms with E-state index in [0.29, 0.717) is 57.3 Å². The molecule has 2 N–H and O–H groups in total. The number of hydrogen-bond donors (Lipinski definition) is 1. The number of piperidine rings is 1. The van der Waals surface area contributed by atoms with Crippen molar-refractivity contribution in [2.24, 2.45) is 11.7 Å². The molecule has 3 aromatic rings. The fraction of sp³-hybridized carbons (Fsp3) is 0.486. The summed E-state index contributed by atoms with van der Waals surface area (Å²) in [6.45, 7) is 3.13. The van der Waals surface area contributed by atoms with Crippen LogP contribution in [-0.4, -0.2) is 84.8 Å². The third-order valence-electron chi connectivity index (χ3n) is 9.56. The minimum atomic E-state index is -3.95. The lowest BCUT2D eigenvalue weighted by Gasteiger charge is -2.42. The van der Waals surface area contributed by atoms with E-state index >= 15 is 0 Å². The van der Waals surface area contributed by atoms with E-state index in [-0.39, 0.29) is 35.8 Å². The zero-order valence-electron chi connectivity index (χ0n) is 26.3. The van der Waals surface area contributed by atoms with E-state index in [9.17, 15) is 17.6 Å². The second-order valence-corrected chi connectivity index (χ2v) is 14.8. The Bertz CT molecular complexity index is 1560. The van der Waals surface area contributed by atoms with Gasteiger partial charge in [0.2, 0.25) is 15.9 Å². The number of hydrogen-bond acceptors (Lipinski definition) is 7. The average molecular weight is 650 g/mol. The van der Waals surface area contributed by atoms with Gasteiger partial charge < -0.3 is 15.4 Å². The van der Waals surface area contributed by atoms with Crippen molar-refractivity contribution in [1.82, 2.24) is 19.1 Å². The first-order chi connectivity index (χ1) is 22.3. The van der Waals surface area contributed by atoms with Gasteiger partial charge in [-0.15, -0.1) is 0 Å². The van der Waals surface area contributed by atoms with Crippen LogP contribution in [0.1, 0.15) is 50.5 Å². The highest BCUT2D eigenvalue weighted by molar-refractivity contribution is 7.89. The number of amides is 1. The highest BCUT2D eigenvalue weighted by atomic mass is 32.2. The van der Waals surface area contributed by atoms with Crippen LogP contribution in [0.15, 0.2) is 71.8 Å². The molecule has 1 aliphatic carbocycles. The second-order valence-electron chi connectivity index (χ2n) is 12.9. The van der Waals surface area contributed by atoms with Crippen LogP contribution in [0.3, 0.4) is 0 Å². The summed E-state index contributed by atoms with van der Waals surface area (Å²) in [5.41, 5.74) is 8.61. The molecule has 0 bridgehead atoms. The summed E-state index contributed by atoms with van der Waals surface area (Å²) in [6, 6.07) is 15.9. The van der Waals surface area contributed by atoms with Crippen LogP contribution in [0.4, 0.5) is 4.39 Å². The molecule has 3 aliphatic rings. The number of nitrogens with zero attached hydrogens (tertiary/aromatic N) is 4. The van der Waals surface area contributed by atoms with Crippen LogP contribution in [-0.2, 0) is 21.4 Å². The lowest BCUT2D eigenvalue weighted by Crippen LogP contribution is -2.61. The Morgan fingerprint density at radius 3 is 2.28 bits per heavy atom. The maximum atomic E-state index is 14.1. The molecule has 1 unspecified atom stereocenters. The number of aromatic nitrogens is 1. The zero-order valence-corrected chi connectivity index (χ0v) is 27.1. The van der Waals surface area contributed by atoms with E-state index in [0.717, 1.165) is 16.8 Å². The van der Waals surface area contributed by atoms with E-state index in [1.807, 2.05) is 12.1 Å². The summed E-state index contributed by atoms with van der Waals surface area (Å²) in [4.78, 5) is 22.6. The SMILES string of the molecule is NC1CCN(C(=O)C2CN(Cc3ccc(-c4ccc(F)cc4)nc3)CCN2S(=O)(=O)c2ccc(OCC3CCCCC3)cc2)CC1. The summed E-state index contributed by atoms with van der Waals surface area (Å²) in [6.07, 6.45) is 9.29. The monoisotopic (exact) mass is 649 g/mol. The van der Waals surface area contributed by atoms with Gasteiger partial charge >= 0.3 is 0 Å². The van der Waals surface area contributed by atoms with E-state index < -0.39 is 16.1 Å². The third-order valence-corrected chi connectivity index (χ3v) is 11.5. The van der Waals surface area contributed by atoms with Crippen molar-refractivity contribution in [3.8, 4) is 17.0 Å². The minimum Gasteiger partial charge on any atom is -0.493 e. The van der Waals surface area contributed by atoms with Gasteiger partial charge in [-0.05, 0) is 91.8 Å². The number of ether oxygens (including phenoxy) is 1. The number of benzene rings is 2. The summed E-state index contributed by atoms with van der Waals surface area (Å²) in [5, 5.41) is 0. The van der Waals surface area contributed by atoms with Gasteiger partial charge in [0.1, 0.15) is 17.6 Å². The number of piperazine rings is 1. The number of carbonyl (C=O) groups excluding carboxylic acids is 1. The smallest absolute Gasteiger partial charge is 0.243 e. The number of pyridine rings is 1. The van der Waals surface area contributed by atoms with Gasteiger partial charge in [-0.3, -0.25) is 14.7 Å². The van der Waals surface area contributed by atoms with E-state index in [2.05, 4.69) is 9.88 Å². The Kier molecular flexibility index (Phi) is 10.3. The minimum absolute atomic E-state index is 0.0518. The molecule has 2 saturated heterocycles. The number of nitrogens with two attached hydrogens (primary N) is 1. The molecule has 0 radical (unpaired) electrons. The van der Waals surface area contributed by atoms with Gasteiger partial charge in [-0.2, -0.15) is 4.31 Å². The topological polar surface area (TPSA) is 109 Å². The van der Waals surface area contributed by atoms with Crippen molar-refractivity contribution in [2.75, 3.05) is 39.3 Å². The molecule has 6 rings (SSSR count). The summed E-state index contributed by atoms with van der Waals surface area (Å²) in [5.74, 6) is 0.727. The van der Waals surface area contributed by atoms with Gasteiger partial charge in [0.05, 0.1) is 17.2 Å². The predicted octanol–water partition coefficient (Wildman–Crippen LogP) is 4.67. The number of halogens is 1. The molecule has 1 saturated carbocycles. The van der Waals surface area contributed by atoms with Crippen LogP contribution in [0.25, 0.3) is 11.3 Å². The van der Waals surface area contributed by atoms with Crippen LogP contribution in [0.2, 0.25) is 0 Å². The van der Waals surface area contributed by atoms with Gasteiger partial charge in [0.15, 0.2) is 0 Å². The second kappa shape index (κ2) is 14.6. The average Bonchev–Trinajstić information content (AvgIpc) is 3.09. The Hall–Kier alpha value is -3.38. The normalized spacial score (nSPS) is 20.9. The summed E-state index contributed by atoms with van der Waals surface area (Å²) < 4.78 is 48.8. The fourth-order valence-corrected chi connectivity index (χ4v) is 8.33. The zero-order chi connectivity index (χ0) is 32.1. The molecule has 11 heteroatoms. The molecule has 1 amide bonds. The number of sulfonamides is 1. The molecule has 0 spiro atoms. The van der Waals surface area contributed by atoms with Crippen LogP contribution in [0, 0.1) is 11.7 Å². The van der Waals surface area contributed by atoms with Crippen LogP contribution < -0.4 is 10.5 Å². The molecule has 1 aromatic heterocycles. The Morgan fingerprint density at radius 1 is 0.891 bits per heavy atom. The summed E-state index contributed by atoms with van der Waals surface area (Å²) >= 11 is 0. The molecule has 3 heterocycles. The lowest BCUT2D eigenvalue weighted by molar-refractivity contribution is -0.138. The van der Waals surface area contributed by atoms with Crippen molar-refractivity contribution in [3.05, 3.63) is 78.2 Å². The van der Waals surface area contributed by atoms with Gasteiger partial charge in [0.25, 0.3) is 0 Å². The highest BCUT2D eigenvalue weighted by Gasteiger charge is 2.42. The van der Waals surface area contributed by atoms with Crippen molar-refractivity contribution < 1.29 is 22.3 Å². The Morgan fingerprint density at radius 2 is 1.61 bits per heavy atom. The highest BCUT2D eigenvalue weighted by Crippen LogP contribution is 2.28. The van der Waals surface area contributed by atoms with Crippen molar-refractivity contribution >= 4 is 15.9 Å². The first-order valence-corrected chi connectivity index (χ1v) is 17.9. The van der Waals surface area contributed by atoms with Gasteiger partial charge in [-0.1, -0.05) is 25.3 Å². The maximum Gasteiger partial charge on any atom is 0.243 e. The molecule has 2 aliphatic heterocycles. The van der Waals surface area contributed by atoms with E-state index in [1.54, 1.807) is 47.5 Å². The van der Waals surface area contributed by atoms with E-state index in [4.69, 9.17) is 10.5 Å². The first-order valence-electron chi connectivity index (χ1n) is 16.5. The number of likely N-dealkylation sites (tertiary alicyclic amines) is 1. The lowest BCUT2D eigenvalue weighted by atomic mass is 9.90. The fourth-order valence-electron chi connectivity index (χ4n) is 6.76. The quantitative estimate of drug-likeness (QED) is 0.359. The third kappa shape index (κ3) is 7.76. The van der Waals surface area contributed by atoms with Crippen molar-refractivity contribution in [1.29, 1.82) is 0 Å². The molecule has 46 heavy (non-hydrogen) atoms. The van der Waals surface area contributed by atoms with E-state index in [1.165, 1.54) is 48.5 Å².